The van der Waals surface area contributed by atoms with Gasteiger partial charge in [0.15, 0.2) is 0 Å². The average Bonchev–Trinajstić information content (AvgIpc) is 2.64. The summed E-state index contributed by atoms with van der Waals surface area (Å²) in [6.45, 7) is 1.76. The first-order valence-electron chi connectivity index (χ1n) is 7.79. The highest BCUT2D eigenvalue weighted by molar-refractivity contribution is 5.94. The lowest BCUT2D eigenvalue weighted by Crippen LogP contribution is -1.91. The maximum atomic E-state index is 13.5. The Hall–Kier alpha value is -3.07. The number of fused-ring (bicyclic) bond motifs is 1. The number of hydrogen-bond donors (Lipinski definition) is 0. The van der Waals surface area contributed by atoms with Gasteiger partial charge in [-0.25, -0.2) is 14.4 Å². The van der Waals surface area contributed by atoms with E-state index in [9.17, 15) is 4.39 Å². The molecule has 116 valence electrons. The van der Waals surface area contributed by atoms with E-state index >= 15 is 0 Å². The van der Waals surface area contributed by atoms with Crippen LogP contribution in [0.2, 0.25) is 0 Å². The second-order valence-electron chi connectivity index (χ2n) is 5.78. The maximum Gasteiger partial charge on any atom is 0.126 e. The summed E-state index contributed by atoms with van der Waals surface area (Å²) >= 11 is 0. The van der Waals surface area contributed by atoms with E-state index in [0.29, 0.717) is 5.56 Å². The molecular formula is C21H15FN2. The summed E-state index contributed by atoms with van der Waals surface area (Å²) in [5, 5.41) is 0.961. The van der Waals surface area contributed by atoms with E-state index in [4.69, 9.17) is 0 Å². The number of aryl methyl sites for hydroxylation is 1. The molecular weight excluding hydrogens is 299 g/mol. The van der Waals surface area contributed by atoms with Crippen molar-refractivity contribution in [2.75, 3.05) is 0 Å². The minimum atomic E-state index is -0.205. The first kappa shape index (κ1) is 14.5. The third kappa shape index (κ3) is 2.54. The molecule has 0 bridgehead atoms. The van der Waals surface area contributed by atoms with E-state index in [1.807, 2.05) is 30.3 Å². The van der Waals surface area contributed by atoms with Crippen molar-refractivity contribution in [1.82, 2.24) is 9.97 Å². The topological polar surface area (TPSA) is 25.8 Å². The highest BCUT2D eigenvalue weighted by Crippen LogP contribution is 2.29. The Morgan fingerprint density at radius 1 is 0.750 bits per heavy atom. The van der Waals surface area contributed by atoms with Gasteiger partial charge >= 0.3 is 0 Å². The molecule has 1 aromatic heterocycles. The van der Waals surface area contributed by atoms with E-state index in [-0.39, 0.29) is 5.82 Å². The van der Waals surface area contributed by atoms with Crippen LogP contribution in [0.3, 0.4) is 0 Å². The summed E-state index contributed by atoms with van der Waals surface area (Å²) in [5.74, 6) is -0.205. The quantitative estimate of drug-likeness (QED) is 0.494. The molecule has 0 spiro atoms. The van der Waals surface area contributed by atoms with Crippen molar-refractivity contribution in [3.05, 3.63) is 84.4 Å². The number of aromatic nitrogens is 2. The fourth-order valence-corrected chi connectivity index (χ4v) is 2.89. The second-order valence-corrected chi connectivity index (χ2v) is 5.78. The van der Waals surface area contributed by atoms with Crippen LogP contribution in [0.25, 0.3) is 33.3 Å². The maximum absolute atomic E-state index is 13.5. The molecule has 0 unspecified atom stereocenters. The van der Waals surface area contributed by atoms with Gasteiger partial charge in [-0.2, -0.15) is 0 Å². The standard InChI is InChI=1S/C21H15FN2/c1-14-11-17(8-10-19(14)22)21-18-9-7-16(12-20(18)23-13-24-21)15-5-3-2-4-6-15/h2-13H,1H3. The Balaban J connectivity index is 1.88. The van der Waals surface area contributed by atoms with Gasteiger partial charge in [0.2, 0.25) is 0 Å². The van der Waals surface area contributed by atoms with Gasteiger partial charge in [0, 0.05) is 10.9 Å². The molecule has 0 atom stereocenters. The molecule has 0 radical (unpaired) electrons. The van der Waals surface area contributed by atoms with Gasteiger partial charge in [-0.3, -0.25) is 0 Å². The summed E-state index contributed by atoms with van der Waals surface area (Å²) in [4.78, 5) is 8.83. The van der Waals surface area contributed by atoms with E-state index in [1.54, 1.807) is 19.3 Å². The van der Waals surface area contributed by atoms with Gasteiger partial charge in [-0.05, 0) is 53.9 Å². The van der Waals surface area contributed by atoms with Crippen molar-refractivity contribution < 1.29 is 4.39 Å². The van der Waals surface area contributed by atoms with Crippen LogP contribution < -0.4 is 0 Å². The summed E-state index contributed by atoms with van der Waals surface area (Å²) in [7, 11) is 0. The van der Waals surface area contributed by atoms with Crippen molar-refractivity contribution in [3.63, 3.8) is 0 Å². The van der Waals surface area contributed by atoms with Gasteiger partial charge in [0.05, 0.1) is 11.2 Å². The van der Waals surface area contributed by atoms with Crippen molar-refractivity contribution in [1.29, 1.82) is 0 Å². The first-order chi connectivity index (χ1) is 11.7. The van der Waals surface area contributed by atoms with Crippen molar-refractivity contribution in [2.45, 2.75) is 6.92 Å². The fraction of sp³-hybridized carbons (Fsp3) is 0.0476. The average molecular weight is 314 g/mol. The van der Waals surface area contributed by atoms with Crippen molar-refractivity contribution in [3.8, 4) is 22.4 Å². The van der Waals surface area contributed by atoms with E-state index in [2.05, 4.69) is 34.2 Å². The van der Waals surface area contributed by atoms with Gasteiger partial charge in [0.25, 0.3) is 0 Å². The molecule has 3 heteroatoms. The minimum absolute atomic E-state index is 0.205. The van der Waals surface area contributed by atoms with Crippen LogP contribution in [0.4, 0.5) is 4.39 Å². The summed E-state index contributed by atoms with van der Waals surface area (Å²) in [6.07, 6.45) is 1.56. The third-order valence-corrected chi connectivity index (χ3v) is 4.18. The SMILES string of the molecule is Cc1cc(-c2ncnc3cc(-c4ccccc4)ccc23)ccc1F. The number of rotatable bonds is 2. The predicted octanol–water partition coefficient (Wildman–Crippen LogP) is 5.41. The molecule has 24 heavy (non-hydrogen) atoms. The largest absolute Gasteiger partial charge is 0.236 e. The zero-order valence-electron chi connectivity index (χ0n) is 13.2. The fourth-order valence-electron chi connectivity index (χ4n) is 2.89. The Kier molecular flexibility index (Phi) is 3.54. The lowest BCUT2D eigenvalue weighted by molar-refractivity contribution is 0.619. The molecule has 3 aromatic carbocycles. The summed E-state index contributed by atoms with van der Waals surface area (Å²) < 4.78 is 13.5. The van der Waals surface area contributed by atoms with Crippen LogP contribution in [0.1, 0.15) is 5.56 Å². The highest BCUT2D eigenvalue weighted by atomic mass is 19.1. The molecule has 0 aliphatic carbocycles. The van der Waals surface area contributed by atoms with Crippen LogP contribution in [0, 0.1) is 12.7 Å². The molecule has 4 aromatic rings. The molecule has 1 heterocycles. The number of halogens is 1. The van der Waals surface area contributed by atoms with Crippen LogP contribution in [-0.2, 0) is 0 Å². The lowest BCUT2D eigenvalue weighted by atomic mass is 10.0. The normalized spacial score (nSPS) is 10.9. The first-order valence-corrected chi connectivity index (χ1v) is 7.79. The molecule has 0 amide bonds. The van der Waals surface area contributed by atoms with Crippen molar-refractivity contribution in [2.24, 2.45) is 0 Å². The zero-order chi connectivity index (χ0) is 16.5. The molecule has 0 aliphatic heterocycles. The highest BCUT2D eigenvalue weighted by Gasteiger charge is 2.09. The van der Waals surface area contributed by atoms with Gasteiger partial charge < -0.3 is 0 Å². The molecule has 0 saturated carbocycles. The Morgan fingerprint density at radius 3 is 2.33 bits per heavy atom. The smallest absolute Gasteiger partial charge is 0.126 e. The van der Waals surface area contributed by atoms with Crippen LogP contribution in [0.5, 0.6) is 0 Å². The Bertz CT molecular complexity index is 1030. The van der Waals surface area contributed by atoms with Gasteiger partial charge in [-0.1, -0.05) is 36.4 Å². The summed E-state index contributed by atoms with van der Waals surface area (Å²) in [6, 6.07) is 21.4. The Labute approximate surface area is 139 Å². The molecule has 0 fully saturated rings. The number of nitrogens with zero attached hydrogens (tertiary/aromatic N) is 2. The van der Waals surface area contributed by atoms with E-state index in [0.717, 1.165) is 33.3 Å². The zero-order valence-corrected chi connectivity index (χ0v) is 13.2. The minimum Gasteiger partial charge on any atom is -0.236 e. The number of benzene rings is 3. The van der Waals surface area contributed by atoms with E-state index in [1.165, 1.54) is 6.07 Å². The van der Waals surface area contributed by atoms with E-state index < -0.39 is 0 Å². The molecule has 2 nitrogen and oxygen atoms in total. The van der Waals surface area contributed by atoms with Crippen LogP contribution in [-0.4, -0.2) is 9.97 Å². The molecule has 0 N–H and O–H groups in total. The number of hydrogen-bond acceptors (Lipinski definition) is 2. The molecule has 4 rings (SSSR count). The molecule has 0 saturated heterocycles. The Morgan fingerprint density at radius 2 is 1.54 bits per heavy atom. The second kappa shape index (κ2) is 5.85. The third-order valence-electron chi connectivity index (χ3n) is 4.18. The monoisotopic (exact) mass is 314 g/mol. The van der Waals surface area contributed by atoms with Crippen LogP contribution in [0.15, 0.2) is 73.1 Å². The predicted molar refractivity (Wildman–Crippen MR) is 95.1 cm³/mol. The summed E-state index contributed by atoms with van der Waals surface area (Å²) in [5.41, 5.74) is 5.47. The lowest BCUT2D eigenvalue weighted by Gasteiger charge is -2.08. The van der Waals surface area contributed by atoms with Crippen molar-refractivity contribution >= 4 is 10.9 Å². The van der Waals surface area contributed by atoms with Gasteiger partial charge in [0.1, 0.15) is 12.1 Å². The van der Waals surface area contributed by atoms with Crippen LogP contribution >= 0.6 is 0 Å². The van der Waals surface area contributed by atoms with Gasteiger partial charge in [-0.15, -0.1) is 0 Å². The molecule has 0 aliphatic rings.